The predicted octanol–water partition coefficient (Wildman–Crippen LogP) is 1.50. The first-order chi connectivity index (χ1) is 9.97. The van der Waals surface area contributed by atoms with Crippen LogP contribution >= 0.6 is 11.6 Å². The van der Waals surface area contributed by atoms with E-state index in [0.29, 0.717) is 12.1 Å². The molecule has 1 aromatic heterocycles. The first-order valence-electron chi connectivity index (χ1n) is 6.09. The normalized spacial score (nSPS) is 10.2. The molecule has 0 spiro atoms. The summed E-state index contributed by atoms with van der Waals surface area (Å²) in [5.41, 5.74) is 6.69. The number of hydrogen-bond acceptors (Lipinski definition) is 4. The minimum absolute atomic E-state index is 0.218. The highest BCUT2D eigenvalue weighted by Crippen LogP contribution is 2.09. The van der Waals surface area contributed by atoms with Crippen molar-refractivity contribution in [2.45, 2.75) is 6.54 Å². The summed E-state index contributed by atoms with van der Waals surface area (Å²) in [7, 11) is 1.65. The van der Waals surface area contributed by atoms with Crippen LogP contribution < -0.4 is 5.73 Å². The average molecular weight is 305 g/mol. The maximum atomic E-state index is 12.1. The van der Waals surface area contributed by atoms with E-state index >= 15 is 0 Å². The Bertz CT molecular complexity index is 656. The Morgan fingerprint density at radius 2 is 1.86 bits per heavy atom. The molecule has 2 rings (SSSR count). The van der Waals surface area contributed by atoms with Gasteiger partial charge in [0.2, 0.25) is 5.91 Å². The second-order valence-corrected chi connectivity index (χ2v) is 4.83. The molecule has 2 N–H and O–H groups in total. The fraction of sp³-hybridized carbons (Fsp3) is 0.143. The fourth-order valence-corrected chi connectivity index (χ4v) is 1.84. The number of carbonyl (C=O) groups excluding carboxylic acids is 2. The van der Waals surface area contributed by atoms with Crippen LogP contribution in [0.1, 0.15) is 26.4 Å². The van der Waals surface area contributed by atoms with Gasteiger partial charge in [-0.05, 0) is 17.7 Å². The van der Waals surface area contributed by atoms with Gasteiger partial charge in [0.05, 0.1) is 12.4 Å². The van der Waals surface area contributed by atoms with Gasteiger partial charge in [-0.2, -0.15) is 0 Å². The lowest BCUT2D eigenvalue weighted by molar-refractivity contribution is 0.0778. The number of amides is 2. The third kappa shape index (κ3) is 3.76. The summed E-state index contributed by atoms with van der Waals surface area (Å²) in [6.45, 7) is 0.377. The molecule has 0 saturated carbocycles. The smallest absolute Gasteiger partial charge is 0.274 e. The number of nitrogens with two attached hydrogens (primary N) is 1. The quantitative estimate of drug-likeness (QED) is 0.927. The van der Waals surface area contributed by atoms with Crippen molar-refractivity contribution in [3.8, 4) is 0 Å². The van der Waals surface area contributed by atoms with Crippen LogP contribution in [-0.2, 0) is 6.54 Å². The van der Waals surface area contributed by atoms with E-state index in [1.807, 2.05) is 0 Å². The van der Waals surface area contributed by atoms with Crippen LogP contribution in [0.3, 0.4) is 0 Å². The second kappa shape index (κ2) is 6.32. The van der Waals surface area contributed by atoms with Crippen molar-refractivity contribution in [3.05, 3.63) is 58.6 Å². The maximum Gasteiger partial charge on any atom is 0.274 e. The molecular formula is C14H13ClN4O2. The number of halogens is 1. The van der Waals surface area contributed by atoms with Gasteiger partial charge in [-0.25, -0.2) is 9.97 Å². The average Bonchev–Trinajstić information content (AvgIpc) is 2.47. The molecule has 108 valence electrons. The van der Waals surface area contributed by atoms with Gasteiger partial charge in [-0.3, -0.25) is 9.59 Å². The molecule has 0 radical (unpaired) electrons. The molecule has 1 heterocycles. The zero-order valence-corrected chi connectivity index (χ0v) is 12.0. The molecule has 1 aromatic carbocycles. The minimum atomic E-state index is -0.484. The van der Waals surface area contributed by atoms with E-state index in [1.165, 1.54) is 17.3 Å². The molecule has 0 unspecified atom stereocenters. The third-order valence-electron chi connectivity index (χ3n) is 2.84. The molecule has 0 fully saturated rings. The second-order valence-electron chi connectivity index (χ2n) is 4.45. The lowest BCUT2D eigenvalue weighted by Gasteiger charge is -2.16. The Morgan fingerprint density at radius 3 is 2.38 bits per heavy atom. The topological polar surface area (TPSA) is 89.2 Å². The molecule has 0 aliphatic carbocycles. The third-order valence-corrected chi connectivity index (χ3v) is 3.04. The summed E-state index contributed by atoms with van der Waals surface area (Å²) in [5.74, 6) is -0.749. The predicted molar refractivity (Wildman–Crippen MR) is 77.8 cm³/mol. The standard InChI is InChI=1S/C14H13ClN4O2/c1-19(14(21)11-6-18-12(15)7-17-11)8-9-2-4-10(5-3-9)13(16)20/h2-7H,8H2,1H3,(H2,16,20). The SMILES string of the molecule is CN(Cc1ccc(C(N)=O)cc1)C(=O)c1cnc(Cl)cn1. The van der Waals surface area contributed by atoms with Crippen LogP contribution in [-0.4, -0.2) is 33.7 Å². The van der Waals surface area contributed by atoms with Crippen LogP contribution in [0.2, 0.25) is 5.15 Å². The largest absolute Gasteiger partial charge is 0.366 e. The van der Waals surface area contributed by atoms with E-state index < -0.39 is 5.91 Å². The van der Waals surface area contributed by atoms with Crippen molar-refractivity contribution in [1.29, 1.82) is 0 Å². The van der Waals surface area contributed by atoms with E-state index in [4.69, 9.17) is 17.3 Å². The molecule has 0 saturated heterocycles. The first kappa shape index (κ1) is 14.9. The van der Waals surface area contributed by atoms with Crippen LogP contribution in [0, 0.1) is 0 Å². The van der Waals surface area contributed by atoms with Crippen molar-refractivity contribution >= 4 is 23.4 Å². The molecule has 21 heavy (non-hydrogen) atoms. The van der Waals surface area contributed by atoms with E-state index in [9.17, 15) is 9.59 Å². The Balaban J connectivity index is 2.06. The number of nitrogens with zero attached hydrogens (tertiary/aromatic N) is 3. The summed E-state index contributed by atoms with van der Waals surface area (Å²) >= 11 is 5.63. The zero-order valence-electron chi connectivity index (χ0n) is 11.3. The first-order valence-corrected chi connectivity index (χ1v) is 6.47. The van der Waals surface area contributed by atoms with Gasteiger partial charge in [0.15, 0.2) is 0 Å². The van der Waals surface area contributed by atoms with Gasteiger partial charge < -0.3 is 10.6 Å². The minimum Gasteiger partial charge on any atom is -0.366 e. The Morgan fingerprint density at radius 1 is 1.19 bits per heavy atom. The molecule has 2 aromatic rings. The lowest BCUT2D eigenvalue weighted by atomic mass is 10.1. The monoisotopic (exact) mass is 304 g/mol. The van der Waals surface area contributed by atoms with Crippen LogP contribution in [0.15, 0.2) is 36.7 Å². The Kier molecular flexibility index (Phi) is 4.49. The van der Waals surface area contributed by atoms with Crippen LogP contribution in [0.4, 0.5) is 0 Å². The Hall–Kier alpha value is -2.47. The summed E-state index contributed by atoms with van der Waals surface area (Å²) in [6, 6.07) is 6.74. The summed E-state index contributed by atoms with van der Waals surface area (Å²) in [6.07, 6.45) is 2.65. The van der Waals surface area contributed by atoms with E-state index in [1.54, 1.807) is 31.3 Å². The van der Waals surface area contributed by atoms with Crippen LogP contribution in [0.25, 0.3) is 0 Å². The number of carbonyl (C=O) groups is 2. The van der Waals surface area contributed by atoms with Crippen molar-refractivity contribution in [2.75, 3.05) is 7.05 Å². The van der Waals surface area contributed by atoms with Gasteiger partial charge >= 0.3 is 0 Å². The summed E-state index contributed by atoms with van der Waals surface area (Å²) < 4.78 is 0. The van der Waals surface area contributed by atoms with Gasteiger partial charge in [-0.1, -0.05) is 23.7 Å². The van der Waals surface area contributed by atoms with Gasteiger partial charge in [0.25, 0.3) is 5.91 Å². The number of benzene rings is 1. The molecule has 0 bridgehead atoms. The molecule has 6 nitrogen and oxygen atoms in total. The van der Waals surface area contributed by atoms with Crippen molar-refractivity contribution in [1.82, 2.24) is 14.9 Å². The number of primary amides is 1. The van der Waals surface area contributed by atoms with E-state index in [0.717, 1.165) is 5.56 Å². The maximum absolute atomic E-state index is 12.1. The van der Waals surface area contributed by atoms with Crippen molar-refractivity contribution in [2.24, 2.45) is 5.73 Å². The summed E-state index contributed by atoms with van der Waals surface area (Å²) in [5, 5.41) is 0.233. The molecule has 2 amide bonds. The van der Waals surface area contributed by atoms with E-state index in [-0.39, 0.29) is 16.8 Å². The molecule has 0 aliphatic rings. The van der Waals surface area contributed by atoms with Gasteiger partial charge in [0.1, 0.15) is 10.8 Å². The Labute approximate surface area is 126 Å². The number of hydrogen-bond donors (Lipinski definition) is 1. The van der Waals surface area contributed by atoms with Crippen molar-refractivity contribution < 1.29 is 9.59 Å². The highest BCUT2D eigenvalue weighted by molar-refractivity contribution is 6.29. The number of aromatic nitrogens is 2. The van der Waals surface area contributed by atoms with Crippen LogP contribution in [0.5, 0.6) is 0 Å². The highest BCUT2D eigenvalue weighted by Gasteiger charge is 2.14. The van der Waals surface area contributed by atoms with Gasteiger partial charge in [-0.15, -0.1) is 0 Å². The zero-order chi connectivity index (χ0) is 15.4. The highest BCUT2D eigenvalue weighted by atomic mass is 35.5. The number of rotatable bonds is 4. The molecule has 0 aliphatic heterocycles. The summed E-state index contributed by atoms with van der Waals surface area (Å²) in [4.78, 5) is 32.4. The van der Waals surface area contributed by atoms with Crippen molar-refractivity contribution in [3.63, 3.8) is 0 Å². The lowest BCUT2D eigenvalue weighted by Crippen LogP contribution is -2.27. The molecular weight excluding hydrogens is 292 g/mol. The molecule has 0 atom stereocenters. The van der Waals surface area contributed by atoms with Gasteiger partial charge in [0, 0.05) is 19.2 Å². The fourth-order valence-electron chi connectivity index (χ4n) is 1.74. The van der Waals surface area contributed by atoms with E-state index in [2.05, 4.69) is 9.97 Å². The molecule has 7 heteroatoms.